The summed E-state index contributed by atoms with van der Waals surface area (Å²) in [7, 11) is 0. The lowest BCUT2D eigenvalue weighted by molar-refractivity contribution is -0.0228. The number of aromatic nitrogens is 2. The lowest BCUT2D eigenvalue weighted by Crippen LogP contribution is -2.39. The van der Waals surface area contributed by atoms with Crippen LogP contribution in [0.1, 0.15) is 25.7 Å². The van der Waals surface area contributed by atoms with Crippen molar-refractivity contribution in [2.45, 2.75) is 30.3 Å². The molecule has 6 heteroatoms. The Bertz CT molecular complexity index is 591. The number of hydrogen-bond donors (Lipinski definition) is 2. The molecule has 1 saturated heterocycles. The molecule has 2 N–H and O–H groups in total. The molecule has 21 heavy (non-hydrogen) atoms. The monoisotopic (exact) mass is 305 g/mol. The van der Waals surface area contributed by atoms with Crippen molar-refractivity contribution in [2.75, 3.05) is 18.8 Å². The van der Waals surface area contributed by atoms with Gasteiger partial charge in [-0.15, -0.1) is 11.8 Å². The molecule has 0 unspecified atom stereocenters. The van der Waals surface area contributed by atoms with Gasteiger partial charge in [0.1, 0.15) is 5.60 Å². The number of aliphatic hydroxyl groups is 1. The molecule has 0 bridgehead atoms. The highest BCUT2D eigenvalue weighted by Gasteiger charge is 2.37. The standard InChI is InChI=1S/C15H19N3O2S/c1-2-21-12-5-3-11(4-6-12)13-17-14(20-18-13)15(19)7-9-16-10-8-15/h3-6,16,19H,2,7-10H2,1H3. The second-order valence-electron chi connectivity index (χ2n) is 5.16. The molecular formula is C15H19N3O2S. The zero-order chi connectivity index (χ0) is 14.7. The van der Waals surface area contributed by atoms with Gasteiger partial charge in [-0.1, -0.05) is 12.1 Å². The lowest BCUT2D eigenvalue weighted by Gasteiger charge is -2.28. The molecule has 1 aromatic carbocycles. The highest BCUT2D eigenvalue weighted by molar-refractivity contribution is 7.99. The summed E-state index contributed by atoms with van der Waals surface area (Å²) in [5, 5.41) is 17.8. The first-order chi connectivity index (χ1) is 10.2. The van der Waals surface area contributed by atoms with E-state index < -0.39 is 5.60 Å². The molecule has 1 aliphatic rings. The third kappa shape index (κ3) is 3.12. The maximum atomic E-state index is 10.6. The highest BCUT2D eigenvalue weighted by atomic mass is 32.2. The molecule has 1 fully saturated rings. The maximum absolute atomic E-state index is 10.6. The van der Waals surface area contributed by atoms with Crippen molar-refractivity contribution >= 4 is 11.8 Å². The van der Waals surface area contributed by atoms with Crippen LogP contribution in [-0.2, 0) is 5.60 Å². The summed E-state index contributed by atoms with van der Waals surface area (Å²) < 4.78 is 5.30. The van der Waals surface area contributed by atoms with E-state index in [4.69, 9.17) is 4.52 Å². The van der Waals surface area contributed by atoms with Crippen LogP contribution in [0.3, 0.4) is 0 Å². The summed E-state index contributed by atoms with van der Waals surface area (Å²) in [4.78, 5) is 5.61. The van der Waals surface area contributed by atoms with E-state index in [9.17, 15) is 5.11 Å². The molecule has 1 aliphatic heterocycles. The van der Waals surface area contributed by atoms with Crippen LogP contribution in [0.15, 0.2) is 33.7 Å². The van der Waals surface area contributed by atoms with Crippen molar-refractivity contribution in [3.63, 3.8) is 0 Å². The van der Waals surface area contributed by atoms with Crippen LogP contribution in [0.2, 0.25) is 0 Å². The largest absolute Gasteiger partial charge is 0.380 e. The Morgan fingerprint density at radius 1 is 1.29 bits per heavy atom. The summed E-state index contributed by atoms with van der Waals surface area (Å²) in [6, 6.07) is 8.08. The average Bonchev–Trinajstić information content (AvgIpc) is 3.00. The fraction of sp³-hybridized carbons (Fsp3) is 0.467. The van der Waals surface area contributed by atoms with Crippen molar-refractivity contribution in [2.24, 2.45) is 0 Å². The number of benzene rings is 1. The van der Waals surface area contributed by atoms with Crippen LogP contribution < -0.4 is 5.32 Å². The van der Waals surface area contributed by atoms with Gasteiger partial charge in [-0.2, -0.15) is 4.98 Å². The molecule has 5 nitrogen and oxygen atoms in total. The summed E-state index contributed by atoms with van der Waals surface area (Å²) in [5.41, 5.74) is -0.0860. The van der Waals surface area contributed by atoms with Gasteiger partial charge in [-0.05, 0) is 55.9 Å². The van der Waals surface area contributed by atoms with Crippen LogP contribution in [-0.4, -0.2) is 34.1 Å². The Kier molecular flexibility index (Phi) is 4.28. The van der Waals surface area contributed by atoms with E-state index in [1.165, 1.54) is 4.90 Å². The number of hydrogen-bond acceptors (Lipinski definition) is 6. The number of nitrogens with zero attached hydrogens (tertiary/aromatic N) is 2. The van der Waals surface area contributed by atoms with Gasteiger partial charge in [0, 0.05) is 10.5 Å². The van der Waals surface area contributed by atoms with Crippen LogP contribution in [0.4, 0.5) is 0 Å². The van der Waals surface area contributed by atoms with Crippen molar-refractivity contribution in [3.8, 4) is 11.4 Å². The smallest absolute Gasteiger partial charge is 0.259 e. The summed E-state index contributed by atoms with van der Waals surface area (Å²) in [6.07, 6.45) is 1.20. The SMILES string of the molecule is CCSc1ccc(-c2noc(C3(O)CCNCC3)n2)cc1. The van der Waals surface area contributed by atoms with Gasteiger partial charge >= 0.3 is 0 Å². The normalized spacial score (nSPS) is 17.8. The van der Waals surface area contributed by atoms with Gasteiger partial charge < -0.3 is 14.9 Å². The number of rotatable bonds is 4. The summed E-state index contributed by atoms with van der Waals surface area (Å²) >= 11 is 1.80. The Morgan fingerprint density at radius 2 is 2.00 bits per heavy atom. The van der Waals surface area contributed by atoms with E-state index in [0.29, 0.717) is 24.6 Å². The maximum Gasteiger partial charge on any atom is 0.259 e. The van der Waals surface area contributed by atoms with Gasteiger partial charge in [-0.3, -0.25) is 0 Å². The first-order valence-corrected chi connectivity index (χ1v) is 8.20. The van der Waals surface area contributed by atoms with Crippen molar-refractivity contribution in [1.29, 1.82) is 0 Å². The Balaban J connectivity index is 1.80. The molecule has 0 saturated carbocycles. The van der Waals surface area contributed by atoms with E-state index in [-0.39, 0.29) is 0 Å². The minimum atomic E-state index is -0.992. The van der Waals surface area contributed by atoms with Crippen LogP contribution in [0.25, 0.3) is 11.4 Å². The predicted octanol–water partition coefficient (Wildman–Crippen LogP) is 2.42. The fourth-order valence-corrected chi connectivity index (χ4v) is 3.11. The molecule has 2 heterocycles. The molecular weight excluding hydrogens is 286 g/mol. The summed E-state index contributed by atoms with van der Waals surface area (Å²) in [6.45, 7) is 3.65. The molecule has 2 aromatic rings. The molecule has 112 valence electrons. The van der Waals surface area contributed by atoms with Gasteiger partial charge in [-0.25, -0.2) is 0 Å². The third-order valence-corrected chi connectivity index (χ3v) is 4.57. The Hall–Kier alpha value is -1.37. The number of nitrogens with one attached hydrogen (secondary N) is 1. The molecule has 0 aliphatic carbocycles. The van der Waals surface area contributed by atoms with Crippen molar-refractivity contribution < 1.29 is 9.63 Å². The quantitative estimate of drug-likeness (QED) is 0.845. The zero-order valence-electron chi connectivity index (χ0n) is 12.0. The highest BCUT2D eigenvalue weighted by Crippen LogP contribution is 2.31. The first kappa shape index (κ1) is 14.6. The molecule has 0 atom stereocenters. The van der Waals surface area contributed by atoms with E-state index in [1.807, 2.05) is 12.1 Å². The van der Waals surface area contributed by atoms with Gasteiger partial charge in [0.2, 0.25) is 5.82 Å². The lowest BCUT2D eigenvalue weighted by atomic mass is 9.92. The minimum absolute atomic E-state index is 0.325. The average molecular weight is 305 g/mol. The Labute approximate surface area is 128 Å². The zero-order valence-corrected chi connectivity index (χ0v) is 12.8. The first-order valence-electron chi connectivity index (χ1n) is 7.22. The van der Waals surface area contributed by atoms with Crippen LogP contribution >= 0.6 is 11.8 Å². The fourth-order valence-electron chi connectivity index (χ4n) is 2.45. The van der Waals surface area contributed by atoms with E-state index in [2.05, 4.69) is 34.5 Å². The van der Waals surface area contributed by atoms with Gasteiger partial charge in [0.05, 0.1) is 0 Å². The van der Waals surface area contributed by atoms with Crippen molar-refractivity contribution in [1.82, 2.24) is 15.5 Å². The topological polar surface area (TPSA) is 71.2 Å². The second kappa shape index (κ2) is 6.17. The molecule has 1 aromatic heterocycles. The van der Waals surface area contributed by atoms with Crippen LogP contribution in [0, 0.1) is 0 Å². The van der Waals surface area contributed by atoms with E-state index in [1.54, 1.807) is 11.8 Å². The van der Waals surface area contributed by atoms with Gasteiger partial charge in [0.15, 0.2) is 0 Å². The van der Waals surface area contributed by atoms with E-state index in [0.717, 1.165) is 24.4 Å². The minimum Gasteiger partial charge on any atom is -0.380 e. The number of piperidine rings is 1. The Morgan fingerprint density at radius 3 is 2.67 bits per heavy atom. The number of thioether (sulfide) groups is 1. The third-order valence-electron chi connectivity index (χ3n) is 3.68. The molecule has 0 radical (unpaired) electrons. The van der Waals surface area contributed by atoms with E-state index >= 15 is 0 Å². The van der Waals surface area contributed by atoms with Crippen molar-refractivity contribution in [3.05, 3.63) is 30.2 Å². The van der Waals surface area contributed by atoms with Crippen LogP contribution in [0.5, 0.6) is 0 Å². The molecule has 3 rings (SSSR count). The summed E-state index contributed by atoms with van der Waals surface area (Å²) in [5.74, 6) is 1.91. The molecule has 0 spiro atoms. The van der Waals surface area contributed by atoms with Gasteiger partial charge in [0.25, 0.3) is 5.89 Å². The second-order valence-corrected chi connectivity index (χ2v) is 6.50. The predicted molar refractivity (Wildman–Crippen MR) is 82.1 cm³/mol. The molecule has 0 amide bonds.